The zero-order chi connectivity index (χ0) is 22.7. The standard InChI is InChI=1S/C21H22F3N5O3/c22-18(23)19(24)32-17-13(11-6-8-31-9-7-11)2-1-3-14(17)28-20-16(21(30)29-25)27-15(10-26-20)12-4-5-12/h1-3,6,10,12,18-19H,4-5,7-9,25H2,(H,26,28)(H,29,30). The molecule has 2 aliphatic rings. The van der Waals surface area contributed by atoms with Crippen LogP contribution in [0.25, 0.3) is 5.57 Å². The summed E-state index contributed by atoms with van der Waals surface area (Å²) >= 11 is 0. The minimum absolute atomic E-state index is 0.0350. The van der Waals surface area contributed by atoms with Crippen molar-refractivity contribution >= 4 is 23.0 Å². The molecule has 1 aliphatic heterocycles. The number of hydrazine groups is 1. The summed E-state index contributed by atoms with van der Waals surface area (Å²) in [5.41, 5.74) is 3.98. The maximum atomic E-state index is 13.9. The van der Waals surface area contributed by atoms with Crippen molar-refractivity contribution in [2.45, 2.75) is 38.0 Å². The maximum Gasteiger partial charge on any atom is 0.304 e. The Bertz CT molecular complexity index is 1030. The highest BCUT2D eigenvalue weighted by Crippen LogP contribution is 2.41. The van der Waals surface area contributed by atoms with Crippen molar-refractivity contribution in [1.82, 2.24) is 15.4 Å². The lowest BCUT2D eigenvalue weighted by molar-refractivity contribution is -0.0666. The topological polar surface area (TPSA) is 111 Å². The van der Waals surface area contributed by atoms with E-state index in [1.807, 2.05) is 5.43 Å². The zero-order valence-electron chi connectivity index (χ0n) is 17.0. The van der Waals surface area contributed by atoms with Crippen molar-refractivity contribution in [2.24, 2.45) is 5.84 Å². The van der Waals surface area contributed by atoms with Gasteiger partial charge in [-0.2, -0.15) is 4.39 Å². The van der Waals surface area contributed by atoms with E-state index in [2.05, 4.69) is 15.3 Å². The van der Waals surface area contributed by atoms with Gasteiger partial charge in [-0.25, -0.2) is 24.6 Å². The molecule has 1 amide bonds. The van der Waals surface area contributed by atoms with E-state index in [1.54, 1.807) is 18.2 Å². The Morgan fingerprint density at radius 2 is 2.09 bits per heavy atom. The molecule has 1 saturated carbocycles. The van der Waals surface area contributed by atoms with Gasteiger partial charge in [0.05, 0.1) is 30.8 Å². The lowest BCUT2D eigenvalue weighted by Crippen LogP contribution is -2.31. The van der Waals surface area contributed by atoms with Crippen molar-refractivity contribution in [3.63, 3.8) is 0 Å². The van der Waals surface area contributed by atoms with Gasteiger partial charge in [0, 0.05) is 11.5 Å². The van der Waals surface area contributed by atoms with E-state index in [-0.39, 0.29) is 28.9 Å². The molecule has 32 heavy (non-hydrogen) atoms. The molecular formula is C21H22F3N5O3. The number of nitrogens with two attached hydrogens (primary N) is 1. The molecule has 11 heteroatoms. The molecule has 0 spiro atoms. The van der Waals surface area contributed by atoms with Gasteiger partial charge in [-0.1, -0.05) is 18.2 Å². The minimum Gasteiger partial charge on any atom is -0.452 e. The number of carbonyl (C=O) groups is 1. The van der Waals surface area contributed by atoms with Crippen LogP contribution in [-0.4, -0.2) is 41.9 Å². The molecule has 1 fully saturated rings. The number of hydrogen-bond acceptors (Lipinski definition) is 7. The third-order valence-electron chi connectivity index (χ3n) is 5.14. The predicted octanol–water partition coefficient (Wildman–Crippen LogP) is 3.44. The number of benzene rings is 1. The predicted molar refractivity (Wildman–Crippen MR) is 110 cm³/mol. The van der Waals surface area contributed by atoms with E-state index in [0.29, 0.717) is 30.9 Å². The van der Waals surface area contributed by atoms with E-state index in [0.717, 1.165) is 18.4 Å². The summed E-state index contributed by atoms with van der Waals surface area (Å²) in [6.45, 7) is 0.779. The first-order valence-corrected chi connectivity index (χ1v) is 10.1. The number of ether oxygens (including phenoxy) is 2. The van der Waals surface area contributed by atoms with E-state index in [9.17, 15) is 18.0 Å². The summed E-state index contributed by atoms with van der Waals surface area (Å²) < 4.78 is 50.1. The first-order chi connectivity index (χ1) is 15.5. The number of nitrogens with one attached hydrogen (secondary N) is 2. The normalized spacial score (nSPS) is 17.0. The lowest BCUT2D eigenvalue weighted by atomic mass is 9.99. The molecule has 2 heterocycles. The molecule has 1 aliphatic carbocycles. The average molecular weight is 449 g/mol. The van der Waals surface area contributed by atoms with Crippen LogP contribution in [0.5, 0.6) is 5.75 Å². The highest BCUT2D eigenvalue weighted by Gasteiger charge is 2.29. The van der Waals surface area contributed by atoms with Gasteiger partial charge < -0.3 is 14.8 Å². The van der Waals surface area contributed by atoms with Gasteiger partial charge in [0.1, 0.15) is 0 Å². The second kappa shape index (κ2) is 9.53. The Morgan fingerprint density at radius 3 is 2.75 bits per heavy atom. The second-order valence-corrected chi connectivity index (χ2v) is 7.40. The first-order valence-electron chi connectivity index (χ1n) is 10.1. The van der Waals surface area contributed by atoms with E-state index in [4.69, 9.17) is 15.3 Å². The van der Waals surface area contributed by atoms with Crippen LogP contribution >= 0.6 is 0 Å². The molecule has 1 aromatic heterocycles. The van der Waals surface area contributed by atoms with Crippen molar-refractivity contribution in [2.75, 3.05) is 18.5 Å². The lowest BCUT2D eigenvalue weighted by Gasteiger charge is -2.22. The molecule has 170 valence electrons. The van der Waals surface area contributed by atoms with Crippen LogP contribution in [-0.2, 0) is 4.74 Å². The van der Waals surface area contributed by atoms with Gasteiger partial charge in [0.25, 0.3) is 12.3 Å². The number of para-hydroxylation sites is 1. The summed E-state index contributed by atoms with van der Waals surface area (Å²) in [5, 5.41) is 2.88. The summed E-state index contributed by atoms with van der Waals surface area (Å²) in [6, 6.07) is 4.81. The van der Waals surface area contributed by atoms with E-state index < -0.39 is 18.7 Å². The number of amides is 1. The van der Waals surface area contributed by atoms with E-state index in [1.165, 1.54) is 12.3 Å². The smallest absolute Gasteiger partial charge is 0.304 e. The van der Waals surface area contributed by atoms with Crippen molar-refractivity contribution in [1.29, 1.82) is 0 Å². The average Bonchev–Trinajstić information content (AvgIpc) is 3.66. The van der Waals surface area contributed by atoms with Crippen molar-refractivity contribution < 1.29 is 27.4 Å². The number of nitrogen functional groups attached to an aromatic ring is 1. The molecule has 4 rings (SSSR count). The fraction of sp³-hybridized carbons (Fsp3) is 0.381. The number of nitrogens with zero attached hydrogens (tertiary/aromatic N) is 2. The molecule has 4 N–H and O–H groups in total. The molecule has 8 nitrogen and oxygen atoms in total. The Kier molecular flexibility index (Phi) is 6.56. The third-order valence-corrected chi connectivity index (χ3v) is 5.14. The molecule has 1 atom stereocenters. The molecule has 0 saturated heterocycles. The number of hydrogen-bond donors (Lipinski definition) is 3. The van der Waals surface area contributed by atoms with Crippen LogP contribution in [0.4, 0.5) is 24.7 Å². The van der Waals surface area contributed by atoms with Gasteiger partial charge in [-0.15, -0.1) is 0 Å². The van der Waals surface area contributed by atoms with Gasteiger partial charge in [0.15, 0.2) is 17.3 Å². The molecule has 1 unspecified atom stereocenters. The van der Waals surface area contributed by atoms with Gasteiger partial charge in [-0.05, 0) is 30.9 Å². The number of carbonyl (C=O) groups excluding carboxylic acids is 1. The number of halogens is 3. The number of alkyl halides is 3. The summed E-state index contributed by atoms with van der Waals surface area (Å²) in [6.07, 6.45) is -0.450. The molecule has 0 radical (unpaired) electrons. The van der Waals surface area contributed by atoms with E-state index >= 15 is 0 Å². The van der Waals surface area contributed by atoms with Crippen molar-refractivity contribution in [3.05, 3.63) is 47.4 Å². The molecule has 2 aromatic rings. The van der Waals surface area contributed by atoms with Crippen LogP contribution in [0.15, 0.2) is 30.5 Å². The quantitative estimate of drug-likeness (QED) is 0.322. The minimum atomic E-state index is -3.34. The number of rotatable bonds is 8. The van der Waals surface area contributed by atoms with Gasteiger partial charge >= 0.3 is 6.43 Å². The fourth-order valence-electron chi connectivity index (χ4n) is 3.38. The first kappa shape index (κ1) is 22.0. The number of anilines is 2. The Balaban J connectivity index is 1.74. The largest absolute Gasteiger partial charge is 0.452 e. The van der Waals surface area contributed by atoms with Crippen LogP contribution in [0.1, 0.15) is 46.9 Å². The Morgan fingerprint density at radius 1 is 1.28 bits per heavy atom. The maximum absolute atomic E-state index is 13.9. The highest BCUT2D eigenvalue weighted by atomic mass is 19.3. The Hall–Kier alpha value is -3.18. The van der Waals surface area contributed by atoms with Crippen molar-refractivity contribution in [3.8, 4) is 5.75 Å². The second-order valence-electron chi connectivity index (χ2n) is 7.40. The summed E-state index contributed by atoms with van der Waals surface area (Å²) in [5.74, 6) is 4.76. The van der Waals surface area contributed by atoms with Crippen LogP contribution in [0, 0.1) is 0 Å². The molecule has 0 bridgehead atoms. The summed E-state index contributed by atoms with van der Waals surface area (Å²) in [7, 11) is 0. The van der Waals surface area contributed by atoms with Crippen LogP contribution < -0.4 is 21.3 Å². The third kappa shape index (κ3) is 4.83. The highest BCUT2D eigenvalue weighted by molar-refractivity contribution is 5.97. The SMILES string of the molecule is NNC(=O)c1nc(C2CC2)cnc1Nc1cccc(C2=CCOCC2)c1OC(F)C(F)F. The van der Waals surface area contributed by atoms with Gasteiger partial charge in [-0.3, -0.25) is 10.2 Å². The van der Waals surface area contributed by atoms with Crippen LogP contribution in [0.3, 0.4) is 0 Å². The number of aromatic nitrogens is 2. The monoisotopic (exact) mass is 449 g/mol. The molecule has 1 aromatic carbocycles. The Labute approximate surface area is 182 Å². The molecular weight excluding hydrogens is 427 g/mol. The summed E-state index contributed by atoms with van der Waals surface area (Å²) in [4.78, 5) is 20.9. The van der Waals surface area contributed by atoms with Crippen LogP contribution in [0.2, 0.25) is 0 Å². The fourth-order valence-corrected chi connectivity index (χ4v) is 3.38. The zero-order valence-corrected chi connectivity index (χ0v) is 17.0. The van der Waals surface area contributed by atoms with Gasteiger partial charge in [0.2, 0.25) is 0 Å².